The van der Waals surface area contributed by atoms with Crippen LogP contribution in [0.3, 0.4) is 0 Å². The monoisotopic (exact) mass is 199 g/mol. The Morgan fingerprint density at radius 1 is 1.47 bits per heavy atom. The highest BCUT2D eigenvalue weighted by molar-refractivity contribution is 5.56. The summed E-state index contributed by atoms with van der Waals surface area (Å²) in [6.07, 6.45) is 8.07. The van der Waals surface area contributed by atoms with Crippen LogP contribution in [0.2, 0.25) is 0 Å². The minimum Gasteiger partial charge on any atom is -0.366 e. The van der Waals surface area contributed by atoms with E-state index >= 15 is 0 Å². The molecule has 1 aromatic heterocycles. The number of rotatable bonds is 2. The number of nitrogens with zero attached hydrogens (tertiary/aromatic N) is 2. The second kappa shape index (κ2) is 4.14. The molecule has 1 N–H and O–H groups in total. The van der Waals surface area contributed by atoms with Crippen LogP contribution >= 0.6 is 0 Å². The van der Waals surface area contributed by atoms with Gasteiger partial charge in [-0.2, -0.15) is 5.26 Å². The molecular formula is C12H13N3. The van der Waals surface area contributed by atoms with Gasteiger partial charge in [0.05, 0.1) is 5.56 Å². The number of nitrogens with one attached hydrogen (secondary N) is 1. The van der Waals surface area contributed by atoms with Crippen LogP contribution < -0.4 is 5.32 Å². The maximum atomic E-state index is 9.03. The molecule has 0 atom stereocenters. The van der Waals surface area contributed by atoms with E-state index in [1.54, 1.807) is 6.20 Å². The van der Waals surface area contributed by atoms with Crippen LogP contribution in [0.4, 0.5) is 5.82 Å². The molecule has 1 aliphatic rings. The van der Waals surface area contributed by atoms with E-state index in [4.69, 9.17) is 5.26 Å². The van der Waals surface area contributed by atoms with Crippen LogP contribution in [0.25, 0.3) is 0 Å². The minimum atomic E-state index is 0.395. The van der Waals surface area contributed by atoms with Crippen LogP contribution in [0, 0.1) is 18.3 Å². The molecular weight excluding hydrogens is 186 g/mol. The van der Waals surface area contributed by atoms with Gasteiger partial charge in [-0.05, 0) is 31.4 Å². The van der Waals surface area contributed by atoms with Gasteiger partial charge < -0.3 is 5.32 Å². The van der Waals surface area contributed by atoms with E-state index in [2.05, 4.69) is 28.5 Å². The van der Waals surface area contributed by atoms with Crippen LogP contribution in [-0.2, 0) is 0 Å². The largest absolute Gasteiger partial charge is 0.366 e. The van der Waals surface area contributed by atoms with Crippen LogP contribution in [0.15, 0.2) is 24.4 Å². The molecule has 0 aliphatic heterocycles. The van der Waals surface area contributed by atoms with Gasteiger partial charge >= 0.3 is 0 Å². The first-order valence-electron chi connectivity index (χ1n) is 5.08. The standard InChI is InChI=1S/C12H13N3/c1-9-6-7-14-12(11(9)8-13)15-10-4-2-3-5-10/h2-3,6-7,10H,4-5H2,1H3,(H,14,15). The van der Waals surface area contributed by atoms with Gasteiger partial charge in [0, 0.05) is 12.2 Å². The number of hydrogen-bond acceptors (Lipinski definition) is 3. The smallest absolute Gasteiger partial charge is 0.144 e. The summed E-state index contributed by atoms with van der Waals surface area (Å²) in [6.45, 7) is 1.93. The normalized spacial score (nSPS) is 15.2. The summed E-state index contributed by atoms with van der Waals surface area (Å²) < 4.78 is 0. The quantitative estimate of drug-likeness (QED) is 0.744. The molecule has 0 saturated heterocycles. The van der Waals surface area contributed by atoms with E-state index in [9.17, 15) is 0 Å². The Hall–Kier alpha value is -1.82. The van der Waals surface area contributed by atoms with Crippen molar-refractivity contribution in [2.24, 2.45) is 0 Å². The van der Waals surface area contributed by atoms with Crippen molar-refractivity contribution in [2.75, 3.05) is 5.32 Å². The van der Waals surface area contributed by atoms with Gasteiger partial charge in [0.15, 0.2) is 0 Å². The summed E-state index contributed by atoms with van der Waals surface area (Å²) in [5.41, 5.74) is 1.63. The second-order valence-electron chi connectivity index (χ2n) is 3.75. The first-order chi connectivity index (χ1) is 7.31. The van der Waals surface area contributed by atoms with Crippen LogP contribution in [-0.4, -0.2) is 11.0 Å². The number of pyridine rings is 1. The lowest BCUT2D eigenvalue weighted by molar-refractivity contribution is 0.780. The predicted octanol–water partition coefficient (Wildman–Crippen LogP) is 2.39. The molecule has 76 valence electrons. The van der Waals surface area contributed by atoms with Crippen molar-refractivity contribution >= 4 is 5.82 Å². The lowest BCUT2D eigenvalue weighted by Gasteiger charge is -2.14. The third-order valence-electron chi connectivity index (χ3n) is 2.62. The Bertz CT molecular complexity index is 421. The molecule has 0 radical (unpaired) electrons. The van der Waals surface area contributed by atoms with E-state index in [0.717, 1.165) is 18.4 Å². The summed E-state index contributed by atoms with van der Waals surface area (Å²) in [6, 6.07) is 4.44. The van der Waals surface area contributed by atoms with Gasteiger partial charge in [0.1, 0.15) is 11.9 Å². The highest BCUT2D eigenvalue weighted by Crippen LogP contribution is 2.20. The highest BCUT2D eigenvalue weighted by Gasteiger charge is 2.13. The fraction of sp³-hybridized carbons (Fsp3) is 0.333. The van der Waals surface area contributed by atoms with Crippen molar-refractivity contribution in [2.45, 2.75) is 25.8 Å². The van der Waals surface area contributed by atoms with E-state index in [1.165, 1.54) is 0 Å². The highest BCUT2D eigenvalue weighted by atomic mass is 15.0. The summed E-state index contributed by atoms with van der Waals surface area (Å²) in [7, 11) is 0. The first kappa shape index (κ1) is 9.72. The number of aryl methyl sites for hydroxylation is 1. The Labute approximate surface area is 89.5 Å². The lowest BCUT2D eigenvalue weighted by Crippen LogP contribution is -2.17. The molecule has 1 aromatic rings. The topological polar surface area (TPSA) is 48.7 Å². The fourth-order valence-electron chi connectivity index (χ4n) is 1.74. The molecule has 0 unspecified atom stereocenters. The van der Waals surface area contributed by atoms with Crippen molar-refractivity contribution in [3.63, 3.8) is 0 Å². The third kappa shape index (κ3) is 1.99. The molecule has 0 spiro atoms. The SMILES string of the molecule is Cc1ccnc(NC2CC=CC2)c1C#N. The first-order valence-corrected chi connectivity index (χ1v) is 5.08. The molecule has 2 rings (SSSR count). The van der Waals surface area contributed by atoms with Crippen molar-refractivity contribution in [1.82, 2.24) is 4.98 Å². The van der Waals surface area contributed by atoms with Crippen molar-refractivity contribution in [3.05, 3.63) is 35.5 Å². The van der Waals surface area contributed by atoms with Crippen molar-refractivity contribution in [3.8, 4) is 6.07 Å². The van der Waals surface area contributed by atoms with Crippen LogP contribution in [0.1, 0.15) is 24.0 Å². The number of anilines is 1. The van der Waals surface area contributed by atoms with Crippen molar-refractivity contribution < 1.29 is 0 Å². The zero-order valence-corrected chi connectivity index (χ0v) is 8.70. The molecule has 3 nitrogen and oxygen atoms in total. The van der Waals surface area contributed by atoms with Crippen LogP contribution in [0.5, 0.6) is 0 Å². The van der Waals surface area contributed by atoms with E-state index in [-0.39, 0.29) is 0 Å². The maximum Gasteiger partial charge on any atom is 0.144 e. The number of hydrogen-bond donors (Lipinski definition) is 1. The van der Waals surface area contributed by atoms with Gasteiger partial charge in [-0.1, -0.05) is 12.2 Å². The Kier molecular flexibility index (Phi) is 2.68. The molecule has 0 aromatic carbocycles. The van der Waals surface area contributed by atoms with E-state index in [0.29, 0.717) is 17.4 Å². The zero-order chi connectivity index (χ0) is 10.7. The van der Waals surface area contributed by atoms with Gasteiger partial charge in [-0.15, -0.1) is 0 Å². The Balaban J connectivity index is 2.21. The fourth-order valence-corrected chi connectivity index (χ4v) is 1.74. The molecule has 15 heavy (non-hydrogen) atoms. The summed E-state index contributed by atoms with van der Waals surface area (Å²) in [4.78, 5) is 4.21. The Morgan fingerprint density at radius 3 is 2.87 bits per heavy atom. The Morgan fingerprint density at radius 2 is 2.20 bits per heavy atom. The third-order valence-corrected chi connectivity index (χ3v) is 2.62. The van der Waals surface area contributed by atoms with Crippen molar-refractivity contribution in [1.29, 1.82) is 5.26 Å². The van der Waals surface area contributed by atoms with Gasteiger partial charge in [0.2, 0.25) is 0 Å². The summed E-state index contributed by atoms with van der Waals surface area (Å²) in [5.74, 6) is 0.714. The van der Waals surface area contributed by atoms with E-state index in [1.807, 2.05) is 13.0 Å². The van der Waals surface area contributed by atoms with Gasteiger partial charge in [0.25, 0.3) is 0 Å². The molecule has 1 aliphatic carbocycles. The van der Waals surface area contributed by atoms with Gasteiger partial charge in [-0.25, -0.2) is 4.98 Å². The molecule has 0 fully saturated rings. The van der Waals surface area contributed by atoms with Gasteiger partial charge in [-0.3, -0.25) is 0 Å². The number of aromatic nitrogens is 1. The molecule has 0 bridgehead atoms. The average Bonchev–Trinajstić information content (AvgIpc) is 2.71. The maximum absolute atomic E-state index is 9.03. The molecule has 1 heterocycles. The predicted molar refractivity (Wildman–Crippen MR) is 59.5 cm³/mol. The zero-order valence-electron chi connectivity index (χ0n) is 8.70. The second-order valence-corrected chi connectivity index (χ2v) is 3.75. The average molecular weight is 199 g/mol. The lowest BCUT2D eigenvalue weighted by atomic mass is 10.1. The minimum absolute atomic E-state index is 0.395. The molecule has 3 heteroatoms. The molecule has 0 amide bonds. The summed E-state index contributed by atoms with van der Waals surface area (Å²) >= 11 is 0. The summed E-state index contributed by atoms with van der Waals surface area (Å²) in [5, 5.41) is 12.3. The molecule has 0 saturated carbocycles. The van der Waals surface area contributed by atoms with E-state index < -0.39 is 0 Å². The number of nitriles is 1.